The molecular formula is C13H20N2OS. The molecule has 1 aliphatic rings. The van der Waals surface area contributed by atoms with Gasteiger partial charge in [0.05, 0.1) is 4.88 Å². The average Bonchev–Trinajstić information content (AvgIpc) is 2.58. The zero-order valence-electron chi connectivity index (χ0n) is 10.7. The standard InChI is InChI=1S/C13H20N2OS/c1-9-10(14)8-11(17-9)12(16)15-6-4-13(2,3)5-7-15/h8H,4-7,14H2,1-3H3. The maximum atomic E-state index is 12.3. The summed E-state index contributed by atoms with van der Waals surface area (Å²) in [4.78, 5) is 16.0. The molecule has 0 aliphatic carbocycles. The second-order valence-corrected chi connectivity index (χ2v) is 6.83. The Morgan fingerprint density at radius 1 is 1.41 bits per heavy atom. The van der Waals surface area contributed by atoms with Crippen molar-refractivity contribution in [3.8, 4) is 0 Å². The molecule has 94 valence electrons. The first kappa shape index (κ1) is 12.4. The molecule has 3 nitrogen and oxygen atoms in total. The van der Waals surface area contributed by atoms with Crippen LogP contribution in [-0.2, 0) is 0 Å². The summed E-state index contributed by atoms with van der Waals surface area (Å²) in [6.07, 6.45) is 2.16. The Balaban J connectivity index is 2.07. The van der Waals surface area contributed by atoms with Crippen molar-refractivity contribution in [1.29, 1.82) is 0 Å². The van der Waals surface area contributed by atoms with Gasteiger partial charge in [0.25, 0.3) is 5.91 Å². The SMILES string of the molecule is Cc1sc(C(=O)N2CCC(C)(C)CC2)cc1N. The van der Waals surface area contributed by atoms with Crippen molar-refractivity contribution >= 4 is 22.9 Å². The number of likely N-dealkylation sites (tertiary alicyclic amines) is 1. The van der Waals surface area contributed by atoms with Crippen LogP contribution in [0.15, 0.2) is 6.07 Å². The number of thiophene rings is 1. The normalized spacial score (nSPS) is 19.4. The first-order valence-corrected chi connectivity index (χ1v) is 6.86. The van der Waals surface area contributed by atoms with Crippen molar-refractivity contribution in [3.63, 3.8) is 0 Å². The van der Waals surface area contributed by atoms with E-state index in [1.54, 1.807) is 0 Å². The van der Waals surface area contributed by atoms with Crippen LogP contribution in [0.5, 0.6) is 0 Å². The molecule has 0 bridgehead atoms. The molecule has 0 saturated carbocycles. The van der Waals surface area contributed by atoms with Gasteiger partial charge >= 0.3 is 0 Å². The van der Waals surface area contributed by atoms with Gasteiger partial charge in [-0.2, -0.15) is 0 Å². The number of carbonyl (C=O) groups is 1. The van der Waals surface area contributed by atoms with Crippen molar-refractivity contribution in [3.05, 3.63) is 15.8 Å². The molecule has 2 N–H and O–H groups in total. The highest BCUT2D eigenvalue weighted by atomic mass is 32.1. The van der Waals surface area contributed by atoms with Crippen molar-refractivity contribution in [2.45, 2.75) is 33.6 Å². The van der Waals surface area contributed by atoms with E-state index >= 15 is 0 Å². The molecule has 1 saturated heterocycles. The predicted octanol–water partition coefficient (Wildman–Crippen LogP) is 2.90. The first-order valence-electron chi connectivity index (χ1n) is 6.04. The van der Waals surface area contributed by atoms with Crippen LogP contribution in [0.25, 0.3) is 0 Å². The quantitative estimate of drug-likeness (QED) is 0.835. The molecule has 4 heteroatoms. The van der Waals surface area contributed by atoms with Crippen molar-refractivity contribution in [1.82, 2.24) is 4.90 Å². The number of hydrogen-bond acceptors (Lipinski definition) is 3. The second kappa shape index (κ2) is 4.33. The van der Waals surface area contributed by atoms with Gasteiger partial charge in [0.1, 0.15) is 0 Å². The van der Waals surface area contributed by atoms with Gasteiger partial charge in [0.2, 0.25) is 0 Å². The molecule has 1 aromatic rings. The third-order valence-corrected chi connectivity index (χ3v) is 4.63. The fraction of sp³-hybridized carbons (Fsp3) is 0.615. The molecule has 0 radical (unpaired) electrons. The summed E-state index contributed by atoms with van der Waals surface area (Å²) in [6, 6.07) is 1.81. The van der Waals surface area contributed by atoms with Gasteiger partial charge < -0.3 is 10.6 Å². The molecule has 1 fully saturated rings. The maximum absolute atomic E-state index is 12.3. The lowest BCUT2D eigenvalue weighted by molar-refractivity contribution is 0.0635. The summed E-state index contributed by atoms with van der Waals surface area (Å²) in [5.74, 6) is 0.144. The number of rotatable bonds is 1. The first-order chi connectivity index (χ1) is 7.89. The van der Waals surface area contributed by atoms with E-state index in [0.29, 0.717) is 5.41 Å². The Labute approximate surface area is 107 Å². The predicted molar refractivity (Wildman–Crippen MR) is 72.4 cm³/mol. The molecule has 0 spiro atoms. The molecule has 0 unspecified atom stereocenters. The molecule has 1 amide bonds. The second-order valence-electron chi connectivity index (χ2n) is 5.58. The largest absolute Gasteiger partial charge is 0.398 e. The Morgan fingerprint density at radius 3 is 2.47 bits per heavy atom. The summed E-state index contributed by atoms with van der Waals surface area (Å²) in [6.45, 7) is 8.21. The number of aryl methyl sites for hydroxylation is 1. The lowest BCUT2D eigenvalue weighted by Gasteiger charge is -2.36. The number of carbonyl (C=O) groups excluding carboxylic acids is 1. The van der Waals surface area contributed by atoms with Crippen molar-refractivity contribution in [2.75, 3.05) is 18.8 Å². The summed E-state index contributed by atoms with van der Waals surface area (Å²) >= 11 is 1.50. The Morgan fingerprint density at radius 2 is 2.00 bits per heavy atom. The van der Waals surface area contributed by atoms with Gasteiger partial charge in [-0.05, 0) is 31.2 Å². The molecule has 1 aliphatic heterocycles. The lowest BCUT2D eigenvalue weighted by atomic mass is 9.82. The zero-order valence-corrected chi connectivity index (χ0v) is 11.6. The van der Waals surface area contributed by atoms with Crippen LogP contribution in [0.3, 0.4) is 0 Å². The molecule has 0 atom stereocenters. The fourth-order valence-electron chi connectivity index (χ4n) is 2.07. The lowest BCUT2D eigenvalue weighted by Crippen LogP contribution is -2.40. The Kier molecular flexibility index (Phi) is 3.17. The average molecular weight is 252 g/mol. The van der Waals surface area contributed by atoms with Gasteiger partial charge in [0, 0.05) is 23.7 Å². The van der Waals surface area contributed by atoms with Crippen molar-refractivity contribution in [2.24, 2.45) is 5.41 Å². The van der Waals surface area contributed by atoms with Crippen LogP contribution in [0.2, 0.25) is 0 Å². The van der Waals surface area contributed by atoms with E-state index in [1.165, 1.54) is 11.3 Å². The Hall–Kier alpha value is -1.03. The number of amides is 1. The molecular weight excluding hydrogens is 232 g/mol. The van der Waals surface area contributed by atoms with Crippen molar-refractivity contribution < 1.29 is 4.79 Å². The number of nitrogens with two attached hydrogens (primary N) is 1. The van der Waals surface area contributed by atoms with Gasteiger partial charge in [-0.1, -0.05) is 13.8 Å². The van der Waals surface area contributed by atoms with E-state index in [0.717, 1.165) is 41.4 Å². The van der Waals surface area contributed by atoms with Gasteiger partial charge in [-0.25, -0.2) is 0 Å². The van der Waals surface area contributed by atoms with E-state index < -0.39 is 0 Å². The van der Waals surface area contributed by atoms with Crippen LogP contribution < -0.4 is 5.73 Å². The highest BCUT2D eigenvalue weighted by Gasteiger charge is 2.28. The van der Waals surface area contributed by atoms with Gasteiger partial charge in [-0.3, -0.25) is 4.79 Å². The number of nitrogen functional groups attached to an aromatic ring is 1. The Bertz CT molecular complexity index is 407. The molecule has 17 heavy (non-hydrogen) atoms. The van der Waals surface area contributed by atoms with E-state index in [2.05, 4.69) is 13.8 Å². The van der Waals surface area contributed by atoms with E-state index in [4.69, 9.17) is 5.73 Å². The molecule has 2 rings (SSSR count). The third-order valence-electron chi connectivity index (χ3n) is 3.57. The molecule has 1 aromatic heterocycles. The summed E-state index contributed by atoms with van der Waals surface area (Å²) in [5.41, 5.74) is 6.90. The number of hydrogen-bond donors (Lipinski definition) is 1. The zero-order chi connectivity index (χ0) is 12.6. The van der Waals surface area contributed by atoms with Crippen LogP contribution >= 0.6 is 11.3 Å². The monoisotopic (exact) mass is 252 g/mol. The van der Waals surface area contributed by atoms with Crippen LogP contribution in [0, 0.1) is 12.3 Å². The van der Waals surface area contributed by atoms with Gasteiger partial charge in [-0.15, -0.1) is 11.3 Å². The number of nitrogens with zero attached hydrogens (tertiary/aromatic N) is 1. The smallest absolute Gasteiger partial charge is 0.264 e. The van der Waals surface area contributed by atoms with E-state index in [9.17, 15) is 4.79 Å². The van der Waals surface area contributed by atoms with E-state index in [1.807, 2.05) is 17.9 Å². The molecule has 0 aromatic carbocycles. The minimum absolute atomic E-state index is 0.144. The van der Waals surface area contributed by atoms with E-state index in [-0.39, 0.29) is 5.91 Å². The van der Waals surface area contributed by atoms with Crippen LogP contribution in [-0.4, -0.2) is 23.9 Å². The fourth-order valence-corrected chi connectivity index (χ4v) is 2.98. The highest BCUT2D eigenvalue weighted by Crippen LogP contribution is 2.31. The highest BCUT2D eigenvalue weighted by molar-refractivity contribution is 7.14. The van der Waals surface area contributed by atoms with Crippen LogP contribution in [0.4, 0.5) is 5.69 Å². The number of piperidine rings is 1. The minimum Gasteiger partial charge on any atom is -0.398 e. The minimum atomic E-state index is 0.144. The summed E-state index contributed by atoms with van der Waals surface area (Å²) in [5, 5.41) is 0. The number of anilines is 1. The van der Waals surface area contributed by atoms with Crippen LogP contribution in [0.1, 0.15) is 41.2 Å². The topological polar surface area (TPSA) is 46.3 Å². The van der Waals surface area contributed by atoms with Gasteiger partial charge in [0.15, 0.2) is 0 Å². The maximum Gasteiger partial charge on any atom is 0.264 e. The summed E-state index contributed by atoms with van der Waals surface area (Å²) in [7, 11) is 0. The molecule has 2 heterocycles. The third kappa shape index (κ3) is 2.63. The summed E-state index contributed by atoms with van der Waals surface area (Å²) < 4.78 is 0.